The van der Waals surface area contributed by atoms with Gasteiger partial charge in [0.2, 0.25) is 5.91 Å². The van der Waals surface area contributed by atoms with Crippen LogP contribution in [-0.4, -0.2) is 35.1 Å². The minimum atomic E-state index is -0.273. The van der Waals surface area contributed by atoms with Crippen molar-refractivity contribution >= 4 is 5.91 Å². The first kappa shape index (κ1) is 9.00. The molecule has 1 N–H and O–H groups in total. The molecule has 74 valence electrons. The highest BCUT2D eigenvalue weighted by Gasteiger charge is 2.28. The third-order valence-corrected chi connectivity index (χ3v) is 3.20. The molecule has 1 saturated carbocycles. The molecule has 2 fully saturated rings. The molecule has 0 unspecified atom stereocenters. The van der Waals surface area contributed by atoms with Gasteiger partial charge < -0.3 is 10.0 Å². The Morgan fingerprint density at radius 2 is 2.15 bits per heavy atom. The van der Waals surface area contributed by atoms with Crippen LogP contribution in [0.5, 0.6) is 0 Å². The topological polar surface area (TPSA) is 40.5 Å². The van der Waals surface area contributed by atoms with Gasteiger partial charge >= 0.3 is 0 Å². The highest BCUT2D eigenvalue weighted by atomic mass is 16.3. The maximum atomic E-state index is 11.6. The lowest BCUT2D eigenvalue weighted by molar-refractivity contribution is -0.132. The van der Waals surface area contributed by atoms with E-state index in [-0.39, 0.29) is 12.0 Å². The summed E-state index contributed by atoms with van der Waals surface area (Å²) in [4.78, 5) is 13.4. The first-order valence-electron chi connectivity index (χ1n) is 5.21. The number of rotatable bonds is 2. The van der Waals surface area contributed by atoms with E-state index in [1.165, 1.54) is 19.3 Å². The Labute approximate surface area is 78.7 Å². The van der Waals surface area contributed by atoms with Gasteiger partial charge in [0, 0.05) is 19.5 Å². The molecule has 2 rings (SSSR count). The van der Waals surface area contributed by atoms with Crippen LogP contribution < -0.4 is 0 Å². The maximum absolute atomic E-state index is 11.6. The summed E-state index contributed by atoms with van der Waals surface area (Å²) < 4.78 is 0. The van der Waals surface area contributed by atoms with Gasteiger partial charge in [0.1, 0.15) is 0 Å². The molecule has 13 heavy (non-hydrogen) atoms. The second kappa shape index (κ2) is 3.66. The number of likely N-dealkylation sites (tertiary alicyclic amines) is 1. The second-order valence-electron chi connectivity index (χ2n) is 4.28. The summed E-state index contributed by atoms with van der Waals surface area (Å²) in [6, 6.07) is 0. The number of hydrogen-bond acceptors (Lipinski definition) is 2. The molecule has 1 atom stereocenters. The van der Waals surface area contributed by atoms with Crippen molar-refractivity contribution in [3.05, 3.63) is 0 Å². The lowest BCUT2D eigenvalue weighted by Gasteiger charge is -2.26. The van der Waals surface area contributed by atoms with E-state index in [1.807, 2.05) is 4.90 Å². The predicted molar refractivity (Wildman–Crippen MR) is 49.2 cm³/mol. The fourth-order valence-corrected chi connectivity index (χ4v) is 2.04. The zero-order valence-corrected chi connectivity index (χ0v) is 7.91. The van der Waals surface area contributed by atoms with Crippen molar-refractivity contribution in [2.24, 2.45) is 5.92 Å². The van der Waals surface area contributed by atoms with Crippen LogP contribution in [0.25, 0.3) is 0 Å². The van der Waals surface area contributed by atoms with E-state index in [0.717, 1.165) is 13.0 Å². The lowest BCUT2D eigenvalue weighted by atomic mass is 9.83. The average molecular weight is 183 g/mol. The van der Waals surface area contributed by atoms with Crippen LogP contribution in [-0.2, 0) is 4.79 Å². The van der Waals surface area contributed by atoms with E-state index < -0.39 is 0 Å². The summed E-state index contributed by atoms with van der Waals surface area (Å²) in [5.41, 5.74) is 0. The van der Waals surface area contributed by atoms with Crippen LogP contribution in [0.4, 0.5) is 0 Å². The Morgan fingerprint density at radius 3 is 2.62 bits per heavy atom. The van der Waals surface area contributed by atoms with Gasteiger partial charge in [-0.1, -0.05) is 6.42 Å². The van der Waals surface area contributed by atoms with E-state index in [4.69, 9.17) is 0 Å². The standard InChI is InChI=1S/C10H17NO2/c12-9-4-5-11(7-9)10(13)6-8-2-1-3-8/h8-9,12H,1-7H2/t9-/m1/s1. The molecule has 1 heterocycles. The molecule has 2 aliphatic rings. The number of amides is 1. The minimum absolute atomic E-state index is 0.251. The highest BCUT2D eigenvalue weighted by Crippen LogP contribution is 2.30. The van der Waals surface area contributed by atoms with Crippen molar-refractivity contribution in [2.45, 2.75) is 38.2 Å². The number of β-amino-alcohol motifs (C(OH)–C–C–N with tert-alkyl or cyclic N) is 1. The van der Waals surface area contributed by atoms with Crippen LogP contribution in [0.2, 0.25) is 0 Å². The molecule has 1 aliphatic carbocycles. The summed E-state index contributed by atoms with van der Waals surface area (Å²) in [6.07, 6.45) is 4.94. The van der Waals surface area contributed by atoms with Crippen molar-refractivity contribution in [1.29, 1.82) is 0 Å². The van der Waals surface area contributed by atoms with E-state index in [9.17, 15) is 9.90 Å². The first-order valence-corrected chi connectivity index (χ1v) is 5.21. The van der Waals surface area contributed by atoms with Gasteiger partial charge in [0.15, 0.2) is 0 Å². The summed E-state index contributed by atoms with van der Waals surface area (Å²) in [5.74, 6) is 0.895. The van der Waals surface area contributed by atoms with Crippen LogP contribution in [0.1, 0.15) is 32.1 Å². The zero-order chi connectivity index (χ0) is 9.26. The molecule has 1 saturated heterocycles. The fourth-order valence-electron chi connectivity index (χ4n) is 2.04. The number of aliphatic hydroxyl groups is 1. The second-order valence-corrected chi connectivity index (χ2v) is 4.28. The summed E-state index contributed by atoms with van der Waals surface area (Å²) >= 11 is 0. The van der Waals surface area contributed by atoms with Crippen molar-refractivity contribution in [3.8, 4) is 0 Å². The normalized spacial score (nSPS) is 29.0. The molecule has 3 heteroatoms. The van der Waals surface area contributed by atoms with Gasteiger partial charge in [0.05, 0.1) is 6.10 Å². The van der Waals surface area contributed by atoms with Crippen LogP contribution >= 0.6 is 0 Å². The van der Waals surface area contributed by atoms with Crippen LogP contribution in [0.3, 0.4) is 0 Å². The monoisotopic (exact) mass is 183 g/mol. The van der Waals surface area contributed by atoms with Gasteiger partial charge in [-0.3, -0.25) is 4.79 Å². The molecule has 0 radical (unpaired) electrons. The average Bonchev–Trinajstić information content (AvgIpc) is 2.44. The summed E-state index contributed by atoms with van der Waals surface area (Å²) in [7, 11) is 0. The van der Waals surface area contributed by atoms with E-state index in [2.05, 4.69) is 0 Å². The Morgan fingerprint density at radius 1 is 1.38 bits per heavy atom. The molecule has 1 amide bonds. The van der Waals surface area contributed by atoms with E-state index >= 15 is 0 Å². The summed E-state index contributed by atoms with van der Waals surface area (Å²) in [5, 5.41) is 9.26. The van der Waals surface area contributed by atoms with Crippen LogP contribution in [0, 0.1) is 5.92 Å². The SMILES string of the molecule is O=C(CC1CCC1)N1CC[C@@H](O)C1. The van der Waals surface area contributed by atoms with Gasteiger partial charge in [-0.2, -0.15) is 0 Å². The molecule has 1 aliphatic heterocycles. The predicted octanol–water partition coefficient (Wildman–Crippen LogP) is 0.770. The quantitative estimate of drug-likeness (QED) is 0.687. The van der Waals surface area contributed by atoms with Crippen molar-refractivity contribution in [2.75, 3.05) is 13.1 Å². The lowest BCUT2D eigenvalue weighted by Crippen LogP contribution is -2.32. The number of nitrogens with zero attached hydrogens (tertiary/aromatic N) is 1. The third kappa shape index (κ3) is 2.02. The Kier molecular flexibility index (Phi) is 2.54. The molecule has 0 aromatic carbocycles. The molecular formula is C10H17NO2. The molecule has 3 nitrogen and oxygen atoms in total. The Bertz CT molecular complexity index is 201. The molecule has 0 bridgehead atoms. The van der Waals surface area contributed by atoms with Crippen molar-refractivity contribution in [1.82, 2.24) is 4.90 Å². The number of hydrogen-bond donors (Lipinski definition) is 1. The van der Waals surface area contributed by atoms with E-state index in [0.29, 0.717) is 18.9 Å². The van der Waals surface area contributed by atoms with Crippen molar-refractivity contribution < 1.29 is 9.90 Å². The summed E-state index contributed by atoms with van der Waals surface area (Å²) in [6.45, 7) is 1.32. The van der Waals surface area contributed by atoms with Gasteiger partial charge in [-0.25, -0.2) is 0 Å². The number of carbonyl (C=O) groups excluding carboxylic acids is 1. The molecule has 0 spiro atoms. The minimum Gasteiger partial charge on any atom is -0.391 e. The highest BCUT2D eigenvalue weighted by molar-refractivity contribution is 5.76. The largest absolute Gasteiger partial charge is 0.391 e. The maximum Gasteiger partial charge on any atom is 0.222 e. The Hall–Kier alpha value is -0.570. The fraction of sp³-hybridized carbons (Fsp3) is 0.900. The number of carbonyl (C=O) groups is 1. The molecule has 0 aromatic heterocycles. The van der Waals surface area contributed by atoms with E-state index in [1.54, 1.807) is 0 Å². The van der Waals surface area contributed by atoms with Gasteiger partial charge in [-0.15, -0.1) is 0 Å². The van der Waals surface area contributed by atoms with Crippen LogP contribution in [0.15, 0.2) is 0 Å². The number of aliphatic hydroxyl groups excluding tert-OH is 1. The Balaban J connectivity index is 1.76. The van der Waals surface area contributed by atoms with Gasteiger partial charge in [0.25, 0.3) is 0 Å². The smallest absolute Gasteiger partial charge is 0.222 e. The molecular weight excluding hydrogens is 166 g/mol. The molecule has 0 aromatic rings. The van der Waals surface area contributed by atoms with Gasteiger partial charge in [-0.05, 0) is 25.2 Å². The first-order chi connectivity index (χ1) is 6.25. The third-order valence-electron chi connectivity index (χ3n) is 3.20. The zero-order valence-electron chi connectivity index (χ0n) is 7.91. The van der Waals surface area contributed by atoms with Crippen molar-refractivity contribution in [3.63, 3.8) is 0 Å².